The van der Waals surface area contributed by atoms with Crippen LogP contribution in [0, 0.1) is 6.92 Å². The average Bonchev–Trinajstić information content (AvgIpc) is 2.37. The van der Waals surface area contributed by atoms with E-state index in [4.69, 9.17) is 0 Å². The van der Waals surface area contributed by atoms with Crippen LogP contribution in [-0.4, -0.2) is 47.8 Å². The number of aldehydes is 1. The number of piperazine rings is 1. The quantitative estimate of drug-likeness (QED) is 0.752. The second-order valence-corrected chi connectivity index (χ2v) is 5.46. The minimum absolute atomic E-state index is 0.0828. The van der Waals surface area contributed by atoms with Crippen molar-refractivity contribution in [2.24, 2.45) is 0 Å². The van der Waals surface area contributed by atoms with Crippen LogP contribution in [0.5, 0.6) is 0 Å². The van der Waals surface area contributed by atoms with Crippen molar-refractivity contribution >= 4 is 18.0 Å². The van der Waals surface area contributed by atoms with Gasteiger partial charge in [-0.1, -0.05) is 0 Å². The summed E-state index contributed by atoms with van der Waals surface area (Å²) in [5, 5.41) is 0. The standard InChI is InChI=1S/C14H19N3O2/c1-10-7-11(9-18)8-15-12(10)17-6-5-16(4)13(19)14(17,2)3/h7-9H,5-6H2,1-4H3. The predicted molar refractivity (Wildman–Crippen MR) is 73.4 cm³/mol. The molecule has 1 aliphatic rings. The van der Waals surface area contributed by atoms with Gasteiger partial charge in [-0.3, -0.25) is 9.59 Å². The second kappa shape index (κ2) is 4.64. The topological polar surface area (TPSA) is 53.5 Å². The highest BCUT2D eigenvalue weighted by Gasteiger charge is 2.41. The predicted octanol–water partition coefficient (Wildman–Crippen LogP) is 1.26. The van der Waals surface area contributed by atoms with Crippen molar-refractivity contribution in [2.45, 2.75) is 26.3 Å². The molecule has 0 bridgehead atoms. The summed E-state index contributed by atoms with van der Waals surface area (Å²) in [7, 11) is 1.82. The smallest absolute Gasteiger partial charge is 0.247 e. The molecule has 2 rings (SSSR count). The second-order valence-electron chi connectivity index (χ2n) is 5.46. The summed E-state index contributed by atoms with van der Waals surface area (Å²) in [6.45, 7) is 7.13. The number of pyridine rings is 1. The number of amides is 1. The van der Waals surface area contributed by atoms with E-state index in [1.807, 2.05) is 32.7 Å². The number of nitrogens with zero attached hydrogens (tertiary/aromatic N) is 3. The highest BCUT2D eigenvalue weighted by Crippen LogP contribution is 2.29. The first kappa shape index (κ1) is 13.5. The van der Waals surface area contributed by atoms with Gasteiger partial charge in [0.1, 0.15) is 11.4 Å². The van der Waals surface area contributed by atoms with Crippen LogP contribution in [0.25, 0.3) is 0 Å². The van der Waals surface area contributed by atoms with Crippen LogP contribution in [0.1, 0.15) is 29.8 Å². The number of likely N-dealkylation sites (N-methyl/N-ethyl adjacent to an activating group) is 1. The number of carbonyl (C=O) groups excluding carboxylic acids is 2. The van der Waals surface area contributed by atoms with Crippen molar-refractivity contribution in [1.29, 1.82) is 0 Å². The van der Waals surface area contributed by atoms with E-state index in [0.717, 1.165) is 24.2 Å². The van der Waals surface area contributed by atoms with Crippen LogP contribution < -0.4 is 4.90 Å². The van der Waals surface area contributed by atoms with Gasteiger partial charge in [-0.2, -0.15) is 0 Å². The number of aromatic nitrogens is 1. The Bertz CT molecular complexity index is 525. The van der Waals surface area contributed by atoms with Gasteiger partial charge in [0.2, 0.25) is 5.91 Å². The highest BCUT2D eigenvalue weighted by molar-refractivity contribution is 5.90. The van der Waals surface area contributed by atoms with Crippen LogP contribution in [0.15, 0.2) is 12.3 Å². The first-order chi connectivity index (χ1) is 8.87. The normalized spacial score (nSPS) is 18.6. The molecule has 1 saturated heterocycles. The first-order valence-corrected chi connectivity index (χ1v) is 6.33. The molecule has 0 aromatic carbocycles. The Morgan fingerprint density at radius 1 is 1.37 bits per heavy atom. The zero-order valence-corrected chi connectivity index (χ0v) is 11.8. The lowest BCUT2D eigenvalue weighted by Gasteiger charge is -2.45. The zero-order valence-electron chi connectivity index (χ0n) is 11.8. The van der Waals surface area contributed by atoms with Crippen molar-refractivity contribution < 1.29 is 9.59 Å². The molecule has 5 heteroatoms. The first-order valence-electron chi connectivity index (χ1n) is 6.33. The summed E-state index contributed by atoms with van der Waals surface area (Å²) in [5.41, 5.74) is 0.850. The molecule has 1 aromatic heterocycles. The van der Waals surface area contributed by atoms with E-state index < -0.39 is 5.54 Å². The number of rotatable bonds is 2. The van der Waals surface area contributed by atoms with Crippen LogP contribution in [0.3, 0.4) is 0 Å². The van der Waals surface area contributed by atoms with Crippen molar-refractivity contribution in [2.75, 3.05) is 25.0 Å². The Balaban J connectivity index is 2.41. The monoisotopic (exact) mass is 261 g/mol. The Hall–Kier alpha value is -1.91. The molecule has 0 unspecified atom stereocenters. The van der Waals surface area contributed by atoms with Crippen LogP contribution in [-0.2, 0) is 4.79 Å². The summed E-state index contributed by atoms with van der Waals surface area (Å²) < 4.78 is 0. The number of hydrogen-bond acceptors (Lipinski definition) is 4. The van der Waals surface area contributed by atoms with Gasteiger partial charge in [-0.15, -0.1) is 0 Å². The summed E-state index contributed by atoms with van der Waals surface area (Å²) in [6, 6.07) is 1.80. The van der Waals surface area contributed by atoms with E-state index in [-0.39, 0.29) is 5.91 Å². The molecular weight excluding hydrogens is 242 g/mol. The molecule has 0 N–H and O–H groups in total. The Morgan fingerprint density at radius 2 is 2.05 bits per heavy atom. The van der Waals surface area contributed by atoms with Crippen LogP contribution >= 0.6 is 0 Å². The fourth-order valence-corrected chi connectivity index (χ4v) is 2.52. The SMILES string of the molecule is Cc1cc(C=O)cnc1N1CCN(C)C(=O)C1(C)C. The van der Waals surface area contributed by atoms with Crippen molar-refractivity contribution in [3.8, 4) is 0 Å². The minimum Gasteiger partial charge on any atom is -0.342 e. The molecule has 0 aliphatic carbocycles. The zero-order chi connectivity index (χ0) is 14.2. The molecule has 19 heavy (non-hydrogen) atoms. The molecule has 1 aromatic rings. The van der Waals surface area contributed by atoms with E-state index in [0.29, 0.717) is 12.1 Å². The van der Waals surface area contributed by atoms with Crippen molar-refractivity contribution in [1.82, 2.24) is 9.88 Å². The molecule has 0 spiro atoms. The maximum atomic E-state index is 12.3. The van der Waals surface area contributed by atoms with Gasteiger partial charge in [0.25, 0.3) is 0 Å². The molecule has 0 saturated carbocycles. The third-order valence-electron chi connectivity index (χ3n) is 3.67. The van der Waals surface area contributed by atoms with E-state index >= 15 is 0 Å². The van der Waals surface area contributed by atoms with Gasteiger partial charge in [-0.05, 0) is 32.4 Å². The largest absolute Gasteiger partial charge is 0.342 e. The molecule has 5 nitrogen and oxygen atoms in total. The average molecular weight is 261 g/mol. The van der Waals surface area contributed by atoms with Gasteiger partial charge in [0.15, 0.2) is 6.29 Å². The van der Waals surface area contributed by atoms with Crippen LogP contribution in [0.2, 0.25) is 0 Å². The van der Waals surface area contributed by atoms with Gasteiger partial charge in [0, 0.05) is 31.9 Å². The number of hydrogen-bond donors (Lipinski definition) is 0. The fraction of sp³-hybridized carbons (Fsp3) is 0.500. The number of anilines is 1. The molecule has 1 aliphatic heterocycles. The van der Waals surface area contributed by atoms with E-state index in [1.54, 1.807) is 17.2 Å². The van der Waals surface area contributed by atoms with E-state index in [2.05, 4.69) is 4.98 Å². The molecule has 2 heterocycles. The van der Waals surface area contributed by atoms with Crippen molar-refractivity contribution in [3.63, 3.8) is 0 Å². The van der Waals surface area contributed by atoms with Crippen LogP contribution in [0.4, 0.5) is 5.82 Å². The summed E-state index contributed by atoms with van der Waals surface area (Å²) in [4.78, 5) is 31.1. The summed E-state index contributed by atoms with van der Waals surface area (Å²) in [6.07, 6.45) is 2.33. The highest BCUT2D eigenvalue weighted by atomic mass is 16.2. The molecule has 0 atom stereocenters. The maximum absolute atomic E-state index is 12.3. The lowest BCUT2D eigenvalue weighted by Crippen LogP contribution is -2.62. The summed E-state index contributed by atoms with van der Waals surface area (Å²) in [5.74, 6) is 0.858. The van der Waals surface area contributed by atoms with Crippen molar-refractivity contribution in [3.05, 3.63) is 23.4 Å². The van der Waals surface area contributed by atoms with E-state index in [9.17, 15) is 9.59 Å². The molecule has 0 radical (unpaired) electrons. The molecule has 1 amide bonds. The minimum atomic E-state index is -0.618. The molecule has 1 fully saturated rings. The third-order valence-corrected chi connectivity index (χ3v) is 3.67. The lowest BCUT2D eigenvalue weighted by molar-refractivity contribution is -0.136. The summed E-state index contributed by atoms with van der Waals surface area (Å²) >= 11 is 0. The Labute approximate surface area is 113 Å². The Kier molecular flexibility index (Phi) is 3.30. The van der Waals surface area contributed by atoms with E-state index in [1.165, 1.54) is 0 Å². The fourth-order valence-electron chi connectivity index (χ4n) is 2.52. The van der Waals surface area contributed by atoms with Gasteiger partial charge in [-0.25, -0.2) is 4.98 Å². The molecular formula is C14H19N3O2. The third kappa shape index (κ3) is 2.20. The Morgan fingerprint density at radius 3 is 2.63 bits per heavy atom. The molecule has 102 valence electrons. The number of carbonyl (C=O) groups is 2. The van der Waals surface area contributed by atoms with Gasteiger partial charge in [0.05, 0.1) is 0 Å². The van der Waals surface area contributed by atoms with Gasteiger partial charge < -0.3 is 9.80 Å². The van der Waals surface area contributed by atoms with Gasteiger partial charge >= 0.3 is 0 Å². The number of aryl methyl sites for hydroxylation is 1. The lowest BCUT2D eigenvalue weighted by atomic mass is 9.97. The maximum Gasteiger partial charge on any atom is 0.247 e.